The van der Waals surface area contributed by atoms with Crippen molar-refractivity contribution < 1.29 is 18.0 Å². The van der Waals surface area contributed by atoms with Crippen LogP contribution < -0.4 is 9.62 Å². The summed E-state index contributed by atoms with van der Waals surface area (Å²) in [5.41, 5.74) is 2.52. The molecule has 0 radical (unpaired) electrons. The van der Waals surface area contributed by atoms with Crippen LogP contribution in [0.1, 0.15) is 43.4 Å². The predicted molar refractivity (Wildman–Crippen MR) is 164 cm³/mol. The average Bonchev–Trinajstić information content (AvgIpc) is 2.92. The van der Waals surface area contributed by atoms with Gasteiger partial charge >= 0.3 is 0 Å². The molecule has 0 fully saturated rings. The molecule has 2 amide bonds. The summed E-state index contributed by atoms with van der Waals surface area (Å²) in [6, 6.07) is 18.0. The van der Waals surface area contributed by atoms with Gasteiger partial charge in [-0.15, -0.1) is 0 Å². The maximum atomic E-state index is 14.0. The number of carbonyl (C=O) groups is 2. The standard InChI is InChI=1S/C30H35BrClN3O4S/c1-5-6-17-33-30(37)23(4)34(19-24-9-7-10-25(31)18-24)29(36)20-35(28-12-8-11-27(32)22(28)3)40(38,39)26-15-13-21(2)14-16-26/h7-16,18,23H,5-6,17,19-20H2,1-4H3,(H,33,37). The molecule has 3 aromatic rings. The van der Waals surface area contributed by atoms with Crippen molar-refractivity contribution in [2.45, 2.75) is 58.0 Å². The van der Waals surface area contributed by atoms with Gasteiger partial charge in [-0.1, -0.05) is 76.8 Å². The van der Waals surface area contributed by atoms with Gasteiger partial charge in [0.15, 0.2) is 0 Å². The molecule has 10 heteroatoms. The molecule has 0 saturated carbocycles. The molecule has 0 saturated heterocycles. The molecule has 214 valence electrons. The Hall–Kier alpha value is -2.88. The summed E-state index contributed by atoms with van der Waals surface area (Å²) in [4.78, 5) is 28.5. The van der Waals surface area contributed by atoms with Crippen LogP contribution in [0, 0.1) is 13.8 Å². The molecule has 40 heavy (non-hydrogen) atoms. The van der Waals surface area contributed by atoms with Gasteiger partial charge in [0.25, 0.3) is 10.0 Å². The summed E-state index contributed by atoms with van der Waals surface area (Å²) >= 11 is 9.83. The number of unbranched alkanes of at least 4 members (excludes halogenated alkanes) is 1. The van der Waals surface area contributed by atoms with E-state index in [2.05, 4.69) is 21.2 Å². The number of carbonyl (C=O) groups excluding carboxylic acids is 2. The lowest BCUT2D eigenvalue weighted by Gasteiger charge is -2.32. The number of hydrogen-bond acceptors (Lipinski definition) is 4. The highest BCUT2D eigenvalue weighted by molar-refractivity contribution is 9.10. The first-order valence-electron chi connectivity index (χ1n) is 13.1. The highest BCUT2D eigenvalue weighted by atomic mass is 79.9. The molecule has 1 atom stereocenters. The van der Waals surface area contributed by atoms with Crippen LogP contribution in [0.3, 0.4) is 0 Å². The number of nitrogens with zero attached hydrogens (tertiary/aromatic N) is 2. The van der Waals surface area contributed by atoms with Crippen molar-refractivity contribution in [3.05, 3.63) is 92.9 Å². The first-order chi connectivity index (χ1) is 18.9. The minimum Gasteiger partial charge on any atom is -0.354 e. The van der Waals surface area contributed by atoms with Crippen LogP contribution in [0.15, 0.2) is 76.1 Å². The van der Waals surface area contributed by atoms with Crippen molar-refractivity contribution in [1.29, 1.82) is 0 Å². The Morgan fingerprint density at radius 3 is 2.35 bits per heavy atom. The van der Waals surface area contributed by atoms with Gasteiger partial charge in [0.05, 0.1) is 10.6 Å². The lowest BCUT2D eigenvalue weighted by atomic mass is 10.1. The van der Waals surface area contributed by atoms with Gasteiger partial charge in [-0.05, 0) is 74.7 Å². The highest BCUT2D eigenvalue weighted by Gasteiger charge is 2.33. The Labute approximate surface area is 250 Å². The van der Waals surface area contributed by atoms with Crippen molar-refractivity contribution in [1.82, 2.24) is 10.2 Å². The Bertz CT molecular complexity index is 1450. The van der Waals surface area contributed by atoms with E-state index in [0.717, 1.165) is 32.7 Å². The molecule has 3 rings (SSSR count). The molecular weight excluding hydrogens is 614 g/mol. The number of benzene rings is 3. The van der Waals surface area contributed by atoms with Crippen molar-refractivity contribution in [2.75, 3.05) is 17.4 Å². The number of anilines is 1. The monoisotopic (exact) mass is 647 g/mol. The molecule has 1 unspecified atom stereocenters. The van der Waals surface area contributed by atoms with Crippen molar-refractivity contribution in [3.63, 3.8) is 0 Å². The maximum Gasteiger partial charge on any atom is 0.264 e. The third-order valence-electron chi connectivity index (χ3n) is 6.63. The van der Waals surface area contributed by atoms with Gasteiger partial charge < -0.3 is 10.2 Å². The van der Waals surface area contributed by atoms with Gasteiger partial charge in [-0.3, -0.25) is 13.9 Å². The second kappa shape index (κ2) is 14.1. The smallest absolute Gasteiger partial charge is 0.264 e. The number of hydrogen-bond donors (Lipinski definition) is 1. The molecule has 7 nitrogen and oxygen atoms in total. The minimum absolute atomic E-state index is 0.0502. The zero-order valence-corrected chi connectivity index (χ0v) is 26.3. The Kier molecular flexibility index (Phi) is 11.2. The second-order valence-electron chi connectivity index (χ2n) is 9.68. The van der Waals surface area contributed by atoms with Gasteiger partial charge in [0, 0.05) is 22.6 Å². The third kappa shape index (κ3) is 7.86. The molecule has 1 N–H and O–H groups in total. The van der Waals surface area contributed by atoms with E-state index in [4.69, 9.17) is 11.6 Å². The van der Waals surface area contributed by atoms with Gasteiger partial charge in [-0.25, -0.2) is 8.42 Å². The van der Waals surface area contributed by atoms with E-state index in [1.165, 1.54) is 17.0 Å². The van der Waals surface area contributed by atoms with Crippen LogP contribution in [0.25, 0.3) is 0 Å². The maximum absolute atomic E-state index is 14.0. The van der Waals surface area contributed by atoms with Crippen LogP contribution in [-0.4, -0.2) is 44.3 Å². The Morgan fingerprint density at radius 2 is 1.70 bits per heavy atom. The number of amides is 2. The topological polar surface area (TPSA) is 86.8 Å². The Morgan fingerprint density at radius 1 is 1.02 bits per heavy atom. The highest BCUT2D eigenvalue weighted by Crippen LogP contribution is 2.31. The molecule has 0 aliphatic carbocycles. The zero-order valence-electron chi connectivity index (χ0n) is 23.2. The summed E-state index contributed by atoms with van der Waals surface area (Å²) < 4.78 is 29.9. The SMILES string of the molecule is CCCCNC(=O)C(C)N(Cc1cccc(Br)c1)C(=O)CN(c1cccc(Cl)c1C)S(=O)(=O)c1ccc(C)cc1. The van der Waals surface area contributed by atoms with E-state index >= 15 is 0 Å². The first-order valence-corrected chi connectivity index (χ1v) is 15.7. The molecule has 0 heterocycles. The molecule has 0 spiro atoms. The quantitative estimate of drug-likeness (QED) is 0.235. The number of nitrogens with one attached hydrogen (secondary N) is 1. The van der Waals surface area contributed by atoms with Crippen molar-refractivity contribution >= 4 is 55.1 Å². The van der Waals surface area contributed by atoms with Crippen LogP contribution >= 0.6 is 27.5 Å². The van der Waals surface area contributed by atoms with Gasteiger partial charge in [-0.2, -0.15) is 0 Å². The molecule has 0 aliphatic heterocycles. The summed E-state index contributed by atoms with van der Waals surface area (Å²) in [6.45, 7) is 7.36. The van der Waals surface area contributed by atoms with E-state index in [9.17, 15) is 18.0 Å². The fourth-order valence-electron chi connectivity index (χ4n) is 4.17. The normalized spacial score (nSPS) is 12.1. The zero-order chi connectivity index (χ0) is 29.4. The van der Waals surface area contributed by atoms with E-state index < -0.39 is 28.5 Å². The van der Waals surface area contributed by atoms with Crippen LogP contribution in [0.2, 0.25) is 5.02 Å². The van der Waals surface area contributed by atoms with E-state index in [-0.39, 0.29) is 17.3 Å². The molecule has 0 aliphatic rings. The van der Waals surface area contributed by atoms with Crippen LogP contribution in [-0.2, 0) is 26.2 Å². The van der Waals surface area contributed by atoms with Crippen LogP contribution in [0.5, 0.6) is 0 Å². The van der Waals surface area contributed by atoms with E-state index in [1.54, 1.807) is 44.2 Å². The van der Waals surface area contributed by atoms with E-state index in [0.29, 0.717) is 22.8 Å². The summed E-state index contributed by atoms with van der Waals surface area (Å²) in [7, 11) is -4.16. The first kappa shape index (κ1) is 31.6. The summed E-state index contributed by atoms with van der Waals surface area (Å²) in [6.07, 6.45) is 1.73. The van der Waals surface area contributed by atoms with Crippen molar-refractivity contribution in [2.24, 2.45) is 0 Å². The van der Waals surface area contributed by atoms with Gasteiger partial charge in [0.1, 0.15) is 12.6 Å². The third-order valence-corrected chi connectivity index (χ3v) is 9.31. The fraction of sp³-hybridized carbons (Fsp3) is 0.333. The number of aryl methyl sites for hydroxylation is 1. The summed E-state index contributed by atoms with van der Waals surface area (Å²) in [5.74, 6) is -0.822. The minimum atomic E-state index is -4.16. The molecule has 0 bridgehead atoms. The largest absolute Gasteiger partial charge is 0.354 e. The lowest BCUT2D eigenvalue weighted by Crippen LogP contribution is -2.51. The van der Waals surface area contributed by atoms with E-state index in [1.807, 2.05) is 38.1 Å². The van der Waals surface area contributed by atoms with Crippen molar-refractivity contribution in [3.8, 4) is 0 Å². The Balaban J connectivity index is 2.04. The second-order valence-corrected chi connectivity index (χ2v) is 12.9. The average molecular weight is 649 g/mol. The number of sulfonamides is 1. The number of rotatable bonds is 12. The number of halogens is 2. The summed E-state index contributed by atoms with van der Waals surface area (Å²) in [5, 5.41) is 3.27. The predicted octanol–water partition coefficient (Wildman–Crippen LogP) is 6.25. The molecule has 3 aromatic carbocycles. The van der Waals surface area contributed by atoms with Gasteiger partial charge in [0.2, 0.25) is 11.8 Å². The fourth-order valence-corrected chi connectivity index (χ4v) is 6.26. The van der Waals surface area contributed by atoms with Crippen LogP contribution in [0.4, 0.5) is 5.69 Å². The molecule has 0 aromatic heterocycles. The molecular formula is C30H35BrClN3O4S. The lowest BCUT2D eigenvalue weighted by molar-refractivity contribution is -0.139.